The third-order valence-electron chi connectivity index (χ3n) is 3.39. The molecule has 0 aliphatic heterocycles. The number of anilines is 1. The molecule has 0 aliphatic carbocycles. The number of carbonyl (C=O) groups excluding carboxylic acids is 2. The fourth-order valence-electron chi connectivity index (χ4n) is 2.15. The SMILES string of the molecule is CC(=O)c1ccc(N[C@H](C(N)=O)c2ccc(F)cc2)c([N+](=O)[O-])c1. The lowest BCUT2D eigenvalue weighted by molar-refractivity contribution is -0.384. The minimum Gasteiger partial charge on any atom is -0.368 e. The highest BCUT2D eigenvalue weighted by atomic mass is 19.1. The maximum absolute atomic E-state index is 13.0. The summed E-state index contributed by atoms with van der Waals surface area (Å²) in [6.07, 6.45) is 0. The van der Waals surface area contributed by atoms with Gasteiger partial charge < -0.3 is 11.1 Å². The lowest BCUT2D eigenvalue weighted by Gasteiger charge is -2.17. The average Bonchev–Trinajstić information content (AvgIpc) is 2.53. The van der Waals surface area contributed by atoms with Crippen LogP contribution in [0.15, 0.2) is 42.5 Å². The van der Waals surface area contributed by atoms with Gasteiger partial charge in [0.2, 0.25) is 5.91 Å². The Morgan fingerprint density at radius 1 is 1.21 bits per heavy atom. The van der Waals surface area contributed by atoms with Crippen LogP contribution in [0.1, 0.15) is 28.9 Å². The Kier molecular flexibility index (Phi) is 4.88. The normalized spacial score (nSPS) is 11.6. The molecule has 3 N–H and O–H groups in total. The molecule has 0 spiro atoms. The van der Waals surface area contributed by atoms with Crippen molar-refractivity contribution in [3.05, 3.63) is 69.5 Å². The number of ketones is 1. The number of hydrogen-bond acceptors (Lipinski definition) is 5. The third kappa shape index (κ3) is 3.72. The fourth-order valence-corrected chi connectivity index (χ4v) is 2.15. The number of rotatable bonds is 6. The van der Waals surface area contributed by atoms with Gasteiger partial charge in [-0.05, 0) is 36.8 Å². The van der Waals surface area contributed by atoms with E-state index in [4.69, 9.17) is 5.73 Å². The van der Waals surface area contributed by atoms with Crippen molar-refractivity contribution >= 4 is 23.1 Å². The van der Waals surface area contributed by atoms with Gasteiger partial charge in [-0.25, -0.2) is 4.39 Å². The standard InChI is InChI=1S/C16H14FN3O4/c1-9(21)11-4-7-13(14(8-11)20(23)24)19-15(16(18)22)10-2-5-12(17)6-3-10/h2-8,15,19H,1H3,(H2,18,22)/t15-/m0/s1. The van der Waals surface area contributed by atoms with Gasteiger partial charge in [-0.3, -0.25) is 19.7 Å². The highest BCUT2D eigenvalue weighted by Crippen LogP contribution is 2.29. The van der Waals surface area contributed by atoms with Gasteiger partial charge in [-0.2, -0.15) is 0 Å². The first kappa shape index (κ1) is 17.1. The van der Waals surface area contributed by atoms with Crippen LogP contribution in [0.25, 0.3) is 0 Å². The first-order valence-corrected chi connectivity index (χ1v) is 6.90. The molecule has 8 heteroatoms. The number of nitrogens with two attached hydrogens (primary N) is 1. The molecule has 0 bridgehead atoms. The van der Waals surface area contributed by atoms with Crippen molar-refractivity contribution < 1.29 is 18.9 Å². The van der Waals surface area contributed by atoms with Gasteiger partial charge in [0.15, 0.2) is 5.78 Å². The van der Waals surface area contributed by atoms with Crippen LogP contribution in [0.2, 0.25) is 0 Å². The first-order valence-electron chi connectivity index (χ1n) is 6.90. The molecule has 0 fully saturated rings. The summed E-state index contributed by atoms with van der Waals surface area (Å²) in [5.74, 6) is -1.60. The van der Waals surface area contributed by atoms with Crippen molar-refractivity contribution in [2.75, 3.05) is 5.32 Å². The Morgan fingerprint density at radius 2 is 1.83 bits per heavy atom. The van der Waals surface area contributed by atoms with Crippen LogP contribution < -0.4 is 11.1 Å². The lowest BCUT2D eigenvalue weighted by atomic mass is 10.0. The second-order valence-corrected chi connectivity index (χ2v) is 5.08. The number of nitrogens with one attached hydrogen (secondary N) is 1. The van der Waals surface area contributed by atoms with Gasteiger partial charge in [-0.1, -0.05) is 12.1 Å². The summed E-state index contributed by atoms with van der Waals surface area (Å²) in [7, 11) is 0. The van der Waals surface area contributed by atoms with E-state index in [1.807, 2.05) is 0 Å². The molecule has 2 aromatic carbocycles. The van der Waals surface area contributed by atoms with E-state index in [0.29, 0.717) is 5.56 Å². The Morgan fingerprint density at radius 3 is 2.33 bits per heavy atom. The second kappa shape index (κ2) is 6.86. The van der Waals surface area contributed by atoms with Crippen LogP contribution in [0.4, 0.5) is 15.8 Å². The molecule has 0 saturated carbocycles. The molecule has 24 heavy (non-hydrogen) atoms. The minimum atomic E-state index is -1.09. The second-order valence-electron chi connectivity index (χ2n) is 5.08. The molecular weight excluding hydrogens is 317 g/mol. The molecule has 0 aliphatic rings. The molecular formula is C16H14FN3O4. The number of Topliss-reactive ketones (excluding diaryl/α,β-unsaturated/α-hetero) is 1. The molecule has 7 nitrogen and oxygen atoms in total. The molecule has 0 unspecified atom stereocenters. The average molecular weight is 331 g/mol. The zero-order valence-corrected chi connectivity index (χ0v) is 12.7. The van der Waals surface area contributed by atoms with Gasteiger partial charge in [0.1, 0.15) is 17.5 Å². The Bertz CT molecular complexity index is 805. The third-order valence-corrected chi connectivity index (χ3v) is 3.39. The zero-order chi connectivity index (χ0) is 17.9. The Hall–Kier alpha value is -3.29. The molecule has 1 amide bonds. The number of amides is 1. The number of nitro groups is 1. The van der Waals surface area contributed by atoms with Crippen molar-refractivity contribution in [1.82, 2.24) is 0 Å². The van der Waals surface area contributed by atoms with Gasteiger partial charge in [-0.15, -0.1) is 0 Å². The van der Waals surface area contributed by atoms with Crippen LogP contribution in [-0.2, 0) is 4.79 Å². The van der Waals surface area contributed by atoms with E-state index in [2.05, 4.69) is 5.32 Å². The van der Waals surface area contributed by atoms with Gasteiger partial charge in [0.25, 0.3) is 5.69 Å². The van der Waals surface area contributed by atoms with Gasteiger partial charge in [0, 0.05) is 11.6 Å². The molecule has 0 heterocycles. The zero-order valence-electron chi connectivity index (χ0n) is 12.7. The minimum absolute atomic E-state index is 0.0260. The molecule has 0 radical (unpaired) electrons. The smallest absolute Gasteiger partial charge is 0.293 e. The summed E-state index contributed by atoms with van der Waals surface area (Å²) >= 11 is 0. The summed E-state index contributed by atoms with van der Waals surface area (Å²) in [6, 6.07) is 7.77. The van der Waals surface area contributed by atoms with Crippen LogP contribution in [-0.4, -0.2) is 16.6 Å². The van der Waals surface area contributed by atoms with Crippen molar-refractivity contribution in [3.63, 3.8) is 0 Å². The topological polar surface area (TPSA) is 115 Å². The van der Waals surface area contributed by atoms with E-state index in [1.54, 1.807) is 0 Å². The van der Waals surface area contributed by atoms with Crippen LogP contribution in [0.3, 0.4) is 0 Å². The Balaban J connectivity index is 2.42. The van der Waals surface area contributed by atoms with Crippen molar-refractivity contribution in [3.8, 4) is 0 Å². The van der Waals surface area contributed by atoms with Crippen molar-refractivity contribution in [2.24, 2.45) is 5.73 Å². The number of nitro benzene ring substituents is 1. The number of hydrogen-bond donors (Lipinski definition) is 2. The van der Waals surface area contributed by atoms with E-state index in [9.17, 15) is 24.1 Å². The van der Waals surface area contributed by atoms with Crippen LogP contribution in [0, 0.1) is 15.9 Å². The molecule has 2 aromatic rings. The van der Waals surface area contributed by atoms with Crippen LogP contribution >= 0.6 is 0 Å². The maximum atomic E-state index is 13.0. The summed E-state index contributed by atoms with van der Waals surface area (Å²) in [5.41, 5.74) is 5.53. The summed E-state index contributed by atoms with van der Waals surface area (Å²) in [6.45, 7) is 1.29. The lowest BCUT2D eigenvalue weighted by Crippen LogP contribution is -2.28. The molecule has 2 rings (SSSR count). The maximum Gasteiger partial charge on any atom is 0.293 e. The predicted octanol–water partition coefficient (Wildman–Crippen LogP) is 2.58. The predicted molar refractivity (Wildman–Crippen MR) is 85.1 cm³/mol. The van der Waals surface area contributed by atoms with E-state index in [-0.39, 0.29) is 22.7 Å². The van der Waals surface area contributed by atoms with E-state index in [0.717, 1.165) is 18.2 Å². The fraction of sp³-hybridized carbons (Fsp3) is 0.125. The van der Waals surface area contributed by atoms with E-state index < -0.39 is 22.7 Å². The molecule has 1 atom stereocenters. The quantitative estimate of drug-likeness (QED) is 0.479. The van der Waals surface area contributed by atoms with Crippen molar-refractivity contribution in [2.45, 2.75) is 13.0 Å². The number of halogens is 1. The highest BCUT2D eigenvalue weighted by molar-refractivity contribution is 5.96. The number of primary amides is 1. The van der Waals surface area contributed by atoms with E-state index >= 15 is 0 Å². The molecule has 0 aromatic heterocycles. The monoisotopic (exact) mass is 331 g/mol. The summed E-state index contributed by atoms with van der Waals surface area (Å²) in [4.78, 5) is 33.6. The van der Waals surface area contributed by atoms with Crippen LogP contribution in [0.5, 0.6) is 0 Å². The first-order chi connectivity index (χ1) is 11.3. The highest BCUT2D eigenvalue weighted by Gasteiger charge is 2.23. The van der Waals surface area contributed by atoms with Gasteiger partial charge >= 0.3 is 0 Å². The number of nitrogens with zero attached hydrogens (tertiary/aromatic N) is 1. The largest absolute Gasteiger partial charge is 0.368 e. The molecule has 124 valence electrons. The summed E-state index contributed by atoms with van der Waals surface area (Å²) < 4.78 is 13.0. The summed E-state index contributed by atoms with van der Waals surface area (Å²) in [5, 5.41) is 13.9. The number of carbonyl (C=O) groups is 2. The molecule has 0 saturated heterocycles. The van der Waals surface area contributed by atoms with E-state index in [1.165, 1.54) is 31.2 Å². The number of benzene rings is 2. The van der Waals surface area contributed by atoms with Crippen molar-refractivity contribution in [1.29, 1.82) is 0 Å². The Labute approximate surface area is 136 Å². The van der Waals surface area contributed by atoms with Gasteiger partial charge in [0.05, 0.1) is 4.92 Å².